The molecule has 2 aromatic rings. The molecule has 2 aliphatic heterocycles. The van der Waals surface area contributed by atoms with Gasteiger partial charge in [0.2, 0.25) is 21.8 Å². The SMILES string of the molecule is CCc1ccccc1NC(=O)CN1CCN(C(=O)[C@@H]2CCCN2S(=O)(=O)c2ccc(C)cc2)CC1. The normalized spacial score (nSPS) is 19.6. The van der Waals surface area contributed by atoms with Crippen LogP contribution >= 0.6 is 0 Å². The van der Waals surface area contributed by atoms with Gasteiger partial charge in [0.05, 0.1) is 11.4 Å². The van der Waals surface area contributed by atoms with Crippen LogP contribution in [0.25, 0.3) is 0 Å². The number of sulfonamides is 1. The number of rotatable bonds is 7. The molecule has 188 valence electrons. The number of piperazine rings is 1. The minimum atomic E-state index is -3.73. The standard InChI is InChI=1S/C26H34N4O4S/c1-3-21-7-4-5-8-23(21)27-25(31)19-28-15-17-29(18-16-28)26(32)24-9-6-14-30(24)35(33,34)22-12-10-20(2)11-13-22/h4-5,7-8,10-13,24H,3,6,9,14-19H2,1-2H3,(H,27,31)/t24-/m0/s1. The van der Waals surface area contributed by atoms with E-state index < -0.39 is 16.1 Å². The smallest absolute Gasteiger partial charge is 0.243 e. The lowest BCUT2D eigenvalue weighted by molar-refractivity contribution is -0.136. The number of benzene rings is 2. The van der Waals surface area contributed by atoms with E-state index in [-0.39, 0.29) is 23.3 Å². The van der Waals surface area contributed by atoms with Crippen LogP contribution < -0.4 is 5.32 Å². The predicted molar refractivity (Wildman–Crippen MR) is 136 cm³/mol. The number of anilines is 1. The Balaban J connectivity index is 1.33. The van der Waals surface area contributed by atoms with Crippen LogP contribution in [0.5, 0.6) is 0 Å². The molecule has 8 nitrogen and oxygen atoms in total. The number of nitrogens with one attached hydrogen (secondary N) is 1. The number of nitrogens with zero attached hydrogens (tertiary/aromatic N) is 3. The molecule has 9 heteroatoms. The molecule has 2 aromatic carbocycles. The minimum Gasteiger partial charge on any atom is -0.339 e. The van der Waals surface area contributed by atoms with Crippen molar-refractivity contribution in [1.82, 2.24) is 14.1 Å². The summed E-state index contributed by atoms with van der Waals surface area (Å²) >= 11 is 0. The van der Waals surface area contributed by atoms with Crippen molar-refractivity contribution >= 4 is 27.5 Å². The average molecular weight is 499 g/mol. The van der Waals surface area contributed by atoms with E-state index >= 15 is 0 Å². The van der Waals surface area contributed by atoms with E-state index in [1.54, 1.807) is 29.2 Å². The third-order valence-electron chi connectivity index (χ3n) is 6.84. The van der Waals surface area contributed by atoms with Crippen LogP contribution in [0.2, 0.25) is 0 Å². The zero-order valence-corrected chi connectivity index (χ0v) is 21.3. The molecular weight excluding hydrogens is 464 g/mol. The van der Waals surface area contributed by atoms with Crippen molar-refractivity contribution in [3.8, 4) is 0 Å². The van der Waals surface area contributed by atoms with Gasteiger partial charge >= 0.3 is 0 Å². The molecule has 1 N–H and O–H groups in total. The maximum absolute atomic E-state index is 13.3. The number of hydrogen-bond donors (Lipinski definition) is 1. The summed E-state index contributed by atoms with van der Waals surface area (Å²) in [7, 11) is -3.73. The van der Waals surface area contributed by atoms with Gasteiger partial charge in [0.25, 0.3) is 0 Å². The van der Waals surface area contributed by atoms with Crippen molar-refractivity contribution in [3.05, 3.63) is 59.7 Å². The first-order valence-electron chi connectivity index (χ1n) is 12.3. The summed E-state index contributed by atoms with van der Waals surface area (Å²) in [5, 5.41) is 2.99. The first-order valence-corrected chi connectivity index (χ1v) is 13.7. The van der Waals surface area contributed by atoms with Gasteiger partial charge in [0.1, 0.15) is 6.04 Å². The number of amides is 2. The lowest BCUT2D eigenvalue weighted by Crippen LogP contribution is -2.55. The van der Waals surface area contributed by atoms with Gasteiger partial charge < -0.3 is 10.2 Å². The summed E-state index contributed by atoms with van der Waals surface area (Å²) in [6.07, 6.45) is 2.04. The maximum atomic E-state index is 13.3. The number of para-hydroxylation sites is 1. The van der Waals surface area contributed by atoms with Crippen molar-refractivity contribution in [2.75, 3.05) is 44.6 Å². The lowest BCUT2D eigenvalue weighted by Gasteiger charge is -2.36. The first-order chi connectivity index (χ1) is 16.8. The Morgan fingerprint density at radius 1 is 0.971 bits per heavy atom. The van der Waals surface area contributed by atoms with Gasteiger partial charge in [-0.3, -0.25) is 14.5 Å². The molecule has 2 fully saturated rings. The van der Waals surface area contributed by atoms with E-state index in [1.807, 2.05) is 36.1 Å². The molecule has 35 heavy (non-hydrogen) atoms. The molecule has 2 amide bonds. The molecule has 0 bridgehead atoms. The van der Waals surface area contributed by atoms with Gasteiger partial charge in [-0.15, -0.1) is 0 Å². The minimum absolute atomic E-state index is 0.0724. The van der Waals surface area contributed by atoms with E-state index in [2.05, 4.69) is 12.2 Å². The molecule has 2 aliphatic rings. The van der Waals surface area contributed by atoms with Gasteiger partial charge in [-0.25, -0.2) is 8.42 Å². The number of hydrogen-bond acceptors (Lipinski definition) is 5. The van der Waals surface area contributed by atoms with Crippen LogP contribution in [0.1, 0.15) is 30.9 Å². The Morgan fingerprint density at radius 3 is 2.34 bits per heavy atom. The number of carbonyl (C=O) groups excluding carboxylic acids is 2. The fourth-order valence-electron chi connectivity index (χ4n) is 4.80. The van der Waals surface area contributed by atoms with Gasteiger partial charge in [0, 0.05) is 38.4 Å². The highest BCUT2D eigenvalue weighted by Gasteiger charge is 2.41. The van der Waals surface area contributed by atoms with Crippen molar-refractivity contribution in [1.29, 1.82) is 0 Å². The number of carbonyl (C=O) groups is 2. The van der Waals surface area contributed by atoms with Gasteiger partial charge in [-0.2, -0.15) is 4.31 Å². The predicted octanol–water partition coefficient (Wildman–Crippen LogP) is 2.49. The van der Waals surface area contributed by atoms with E-state index in [4.69, 9.17) is 0 Å². The molecule has 0 saturated carbocycles. The topological polar surface area (TPSA) is 90.0 Å². The van der Waals surface area contributed by atoms with Crippen LogP contribution in [0.15, 0.2) is 53.4 Å². The third kappa shape index (κ3) is 5.74. The summed E-state index contributed by atoms with van der Waals surface area (Å²) in [5.41, 5.74) is 2.92. The van der Waals surface area contributed by atoms with Crippen LogP contribution in [-0.2, 0) is 26.0 Å². The Kier molecular flexibility index (Phi) is 7.88. The highest BCUT2D eigenvalue weighted by atomic mass is 32.2. The molecule has 1 atom stereocenters. The molecule has 0 radical (unpaired) electrons. The Morgan fingerprint density at radius 2 is 1.66 bits per heavy atom. The highest BCUT2D eigenvalue weighted by Crippen LogP contribution is 2.28. The van der Waals surface area contributed by atoms with Crippen molar-refractivity contribution in [2.24, 2.45) is 0 Å². The van der Waals surface area contributed by atoms with Crippen LogP contribution in [0.3, 0.4) is 0 Å². The summed E-state index contributed by atoms with van der Waals surface area (Å²) < 4.78 is 27.8. The molecule has 0 unspecified atom stereocenters. The van der Waals surface area contributed by atoms with Gasteiger partial charge in [-0.05, 0) is 49.9 Å². The van der Waals surface area contributed by atoms with Crippen LogP contribution in [-0.4, -0.2) is 79.6 Å². The molecule has 4 rings (SSSR count). The van der Waals surface area contributed by atoms with E-state index in [9.17, 15) is 18.0 Å². The average Bonchev–Trinajstić information content (AvgIpc) is 3.36. The lowest BCUT2D eigenvalue weighted by atomic mass is 10.1. The third-order valence-corrected chi connectivity index (χ3v) is 8.76. The van der Waals surface area contributed by atoms with Crippen LogP contribution in [0.4, 0.5) is 5.69 Å². The quantitative estimate of drug-likeness (QED) is 0.634. The zero-order chi connectivity index (χ0) is 25.0. The Labute approximate surface area is 207 Å². The Hall–Kier alpha value is -2.75. The van der Waals surface area contributed by atoms with Gasteiger partial charge in [-0.1, -0.05) is 42.8 Å². The fourth-order valence-corrected chi connectivity index (χ4v) is 6.45. The fraction of sp³-hybridized carbons (Fsp3) is 0.462. The van der Waals surface area contributed by atoms with E-state index in [0.717, 1.165) is 23.2 Å². The van der Waals surface area contributed by atoms with Crippen molar-refractivity contribution in [3.63, 3.8) is 0 Å². The van der Waals surface area contributed by atoms with Gasteiger partial charge in [0.15, 0.2) is 0 Å². The summed E-state index contributed by atoms with van der Waals surface area (Å²) in [6, 6.07) is 13.9. The zero-order valence-electron chi connectivity index (χ0n) is 20.4. The largest absolute Gasteiger partial charge is 0.339 e. The maximum Gasteiger partial charge on any atom is 0.243 e. The molecule has 2 saturated heterocycles. The second-order valence-corrected chi connectivity index (χ2v) is 11.1. The molecule has 2 heterocycles. The van der Waals surface area contributed by atoms with E-state index in [1.165, 1.54) is 4.31 Å². The second kappa shape index (κ2) is 10.9. The highest BCUT2D eigenvalue weighted by molar-refractivity contribution is 7.89. The summed E-state index contributed by atoms with van der Waals surface area (Å²) in [5.74, 6) is -0.212. The monoisotopic (exact) mass is 498 g/mol. The summed E-state index contributed by atoms with van der Waals surface area (Å²) in [4.78, 5) is 29.9. The van der Waals surface area contributed by atoms with E-state index in [0.29, 0.717) is 45.6 Å². The number of aryl methyl sites for hydroxylation is 2. The Bertz CT molecular complexity index is 1160. The summed E-state index contributed by atoms with van der Waals surface area (Å²) in [6.45, 7) is 6.69. The molecule has 0 aliphatic carbocycles. The second-order valence-electron chi connectivity index (χ2n) is 9.25. The van der Waals surface area contributed by atoms with Crippen molar-refractivity contribution < 1.29 is 18.0 Å². The van der Waals surface area contributed by atoms with Crippen molar-refractivity contribution in [2.45, 2.75) is 44.0 Å². The molecule has 0 aromatic heterocycles. The van der Waals surface area contributed by atoms with Crippen LogP contribution in [0, 0.1) is 6.92 Å². The molecule has 0 spiro atoms. The first kappa shape index (κ1) is 25.3. The molecular formula is C26H34N4O4S.